The molecule has 3 aliphatic rings. The van der Waals surface area contributed by atoms with Crippen molar-refractivity contribution in [3.8, 4) is 0 Å². The third-order valence-corrected chi connectivity index (χ3v) is 6.83. The van der Waals surface area contributed by atoms with Crippen molar-refractivity contribution in [2.45, 2.75) is 45.1 Å². The zero-order valence-electron chi connectivity index (χ0n) is 17.2. The Morgan fingerprint density at radius 1 is 1.07 bits per heavy atom. The van der Waals surface area contributed by atoms with Gasteiger partial charge in [-0.25, -0.2) is 0 Å². The van der Waals surface area contributed by atoms with Gasteiger partial charge < -0.3 is 18.7 Å². The molecule has 9 nitrogen and oxygen atoms in total. The van der Waals surface area contributed by atoms with Crippen LogP contribution in [0.5, 0.6) is 0 Å². The van der Waals surface area contributed by atoms with Gasteiger partial charge in [-0.2, -0.15) is 4.98 Å². The predicted molar refractivity (Wildman–Crippen MR) is 101 cm³/mol. The van der Waals surface area contributed by atoms with Crippen molar-refractivity contribution >= 4 is 5.91 Å². The molecular formula is C20H27N5O4. The summed E-state index contributed by atoms with van der Waals surface area (Å²) in [5, 5.41) is 8.00. The number of ether oxygens (including phenoxy) is 1. The van der Waals surface area contributed by atoms with Crippen molar-refractivity contribution in [2.75, 3.05) is 39.4 Å². The Morgan fingerprint density at radius 2 is 1.86 bits per heavy atom. The maximum atomic E-state index is 13.3. The molecule has 2 aromatic heterocycles. The molecule has 29 heavy (non-hydrogen) atoms. The van der Waals surface area contributed by atoms with Gasteiger partial charge >= 0.3 is 0 Å². The number of nitrogens with zero attached hydrogens (tertiary/aromatic N) is 5. The zero-order valence-corrected chi connectivity index (χ0v) is 17.2. The number of carbonyl (C=O) groups excluding carboxylic acids is 1. The Kier molecular flexibility index (Phi) is 4.47. The minimum Gasteiger partial charge on any atom is -0.381 e. The summed E-state index contributed by atoms with van der Waals surface area (Å²) < 4.78 is 16.4. The molecule has 0 radical (unpaired) electrons. The van der Waals surface area contributed by atoms with Gasteiger partial charge in [-0.1, -0.05) is 10.3 Å². The Bertz CT molecular complexity index is 898. The Hall–Kier alpha value is -2.26. The topological polar surface area (TPSA) is 97.7 Å². The monoisotopic (exact) mass is 401 g/mol. The van der Waals surface area contributed by atoms with Crippen molar-refractivity contribution in [3.63, 3.8) is 0 Å². The van der Waals surface area contributed by atoms with Crippen LogP contribution in [-0.2, 0) is 10.2 Å². The highest BCUT2D eigenvalue weighted by atomic mass is 16.5. The molecule has 3 aliphatic heterocycles. The first-order chi connectivity index (χ1) is 14.0. The first-order valence-corrected chi connectivity index (χ1v) is 10.3. The van der Waals surface area contributed by atoms with E-state index in [1.165, 1.54) is 0 Å². The quantitative estimate of drug-likeness (QED) is 0.763. The van der Waals surface area contributed by atoms with Crippen LogP contribution < -0.4 is 0 Å². The average molecular weight is 401 g/mol. The summed E-state index contributed by atoms with van der Waals surface area (Å²) in [5.74, 6) is 2.09. The fourth-order valence-electron chi connectivity index (χ4n) is 5.34. The number of carbonyl (C=O) groups is 1. The van der Waals surface area contributed by atoms with Gasteiger partial charge in [0.2, 0.25) is 5.89 Å². The minimum absolute atomic E-state index is 0.0242. The van der Waals surface area contributed by atoms with E-state index in [0.717, 1.165) is 39.1 Å². The number of amides is 1. The number of aryl methyl sites for hydroxylation is 3. The molecular weight excluding hydrogens is 374 g/mol. The van der Waals surface area contributed by atoms with E-state index in [4.69, 9.17) is 13.8 Å². The summed E-state index contributed by atoms with van der Waals surface area (Å²) in [6, 6.07) is 0.516. The molecule has 0 unspecified atom stereocenters. The van der Waals surface area contributed by atoms with Crippen molar-refractivity contribution in [3.05, 3.63) is 28.7 Å². The van der Waals surface area contributed by atoms with Crippen LogP contribution in [0.25, 0.3) is 0 Å². The van der Waals surface area contributed by atoms with E-state index in [0.29, 0.717) is 47.9 Å². The van der Waals surface area contributed by atoms with Crippen molar-refractivity contribution in [1.82, 2.24) is 25.1 Å². The lowest BCUT2D eigenvalue weighted by molar-refractivity contribution is 0.0369. The van der Waals surface area contributed by atoms with Gasteiger partial charge in [0.15, 0.2) is 5.82 Å². The molecule has 5 heterocycles. The maximum Gasteiger partial charge on any atom is 0.259 e. The Morgan fingerprint density at radius 3 is 2.52 bits per heavy atom. The summed E-state index contributed by atoms with van der Waals surface area (Å²) in [6.07, 6.45) is 2.10. The minimum atomic E-state index is -0.325. The van der Waals surface area contributed by atoms with E-state index in [1.54, 1.807) is 6.92 Å². The number of likely N-dealkylation sites (tertiary alicyclic amines) is 2. The van der Waals surface area contributed by atoms with Gasteiger partial charge in [-0.3, -0.25) is 9.69 Å². The summed E-state index contributed by atoms with van der Waals surface area (Å²) in [4.78, 5) is 22.3. The average Bonchev–Trinajstić information content (AvgIpc) is 3.45. The van der Waals surface area contributed by atoms with Crippen molar-refractivity contribution < 1.29 is 18.6 Å². The van der Waals surface area contributed by atoms with Crippen LogP contribution in [0.1, 0.15) is 46.4 Å². The molecule has 3 saturated heterocycles. The lowest BCUT2D eigenvalue weighted by atomic mass is 9.81. The maximum absolute atomic E-state index is 13.3. The van der Waals surface area contributed by atoms with Crippen LogP contribution >= 0.6 is 0 Å². The van der Waals surface area contributed by atoms with Crippen molar-refractivity contribution in [2.24, 2.45) is 5.92 Å². The molecule has 3 fully saturated rings. The highest BCUT2D eigenvalue weighted by molar-refractivity contribution is 5.96. The van der Waals surface area contributed by atoms with Gasteiger partial charge in [0.1, 0.15) is 11.3 Å². The van der Waals surface area contributed by atoms with Gasteiger partial charge in [0, 0.05) is 51.4 Å². The van der Waals surface area contributed by atoms with E-state index in [9.17, 15) is 4.79 Å². The predicted octanol–water partition coefficient (Wildman–Crippen LogP) is 1.49. The first-order valence-electron chi connectivity index (χ1n) is 10.3. The normalized spacial score (nSPS) is 28.2. The summed E-state index contributed by atoms with van der Waals surface area (Å²) in [6.45, 7) is 10.1. The number of fused-ring (bicyclic) bond motifs is 1. The van der Waals surface area contributed by atoms with E-state index in [-0.39, 0.29) is 17.2 Å². The molecule has 0 aliphatic carbocycles. The third-order valence-electron chi connectivity index (χ3n) is 6.83. The molecule has 0 bridgehead atoms. The summed E-state index contributed by atoms with van der Waals surface area (Å²) in [7, 11) is 0. The van der Waals surface area contributed by atoms with E-state index in [1.807, 2.05) is 18.7 Å². The van der Waals surface area contributed by atoms with E-state index < -0.39 is 0 Å². The second kappa shape index (κ2) is 6.91. The van der Waals surface area contributed by atoms with Gasteiger partial charge in [0.05, 0.1) is 11.1 Å². The molecule has 0 spiro atoms. The van der Waals surface area contributed by atoms with Crippen LogP contribution in [0, 0.1) is 26.7 Å². The zero-order chi connectivity index (χ0) is 20.2. The van der Waals surface area contributed by atoms with Crippen LogP contribution in [0.2, 0.25) is 0 Å². The molecule has 5 rings (SSSR count). The molecule has 1 amide bonds. The third kappa shape index (κ3) is 2.98. The van der Waals surface area contributed by atoms with E-state index in [2.05, 4.69) is 20.2 Å². The molecule has 0 saturated carbocycles. The fourth-order valence-corrected chi connectivity index (χ4v) is 5.34. The SMILES string of the molecule is Cc1noc([C@]23CN(C(=O)c4c(C)noc4C)C[C@H]2CN(C2CCOCC2)C3)n1. The number of hydrogen-bond acceptors (Lipinski definition) is 8. The number of hydrogen-bond donors (Lipinski definition) is 0. The Labute approximate surface area is 169 Å². The lowest BCUT2D eigenvalue weighted by Gasteiger charge is -2.33. The second-order valence-electron chi connectivity index (χ2n) is 8.66. The highest BCUT2D eigenvalue weighted by Crippen LogP contribution is 2.46. The molecule has 0 aromatic carbocycles. The van der Waals surface area contributed by atoms with Crippen LogP contribution in [-0.4, -0.2) is 76.4 Å². The molecule has 2 atom stereocenters. The summed E-state index contributed by atoms with van der Waals surface area (Å²) in [5.41, 5.74) is 0.882. The highest BCUT2D eigenvalue weighted by Gasteiger charge is 2.58. The van der Waals surface area contributed by atoms with Crippen LogP contribution in [0.15, 0.2) is 9.05 Å². The molecule has 2 aromatic rings. The van der Waals surface area contributed by atoms with Crippen LogP contribution in [0.3, 0.4) is 0 Å². The van der Waals surface area contributed by atoms with E-state index >= 15 is 0 Å². The van der Waals surface area contributed by atoms with Crippen LogP contribution in [0.4, 0.5) is 0 Å². The standard InChI is InChI=1S/C20H27N5O4/c1-12-17(13(2)28-22-12)18(26)25-9-15-8-24(16-4-6-27-7-5-16)10-20(15,11-25)19-21-14(3)23-29-19/h15-16H,4-11H2,1-3H3/t15-,20-/m1/s1. The smallest absolute Gasteiger partial charge is 0.259 e. The van der Waals surface area contributed by atoms with Gasteiger partial charge in [0.25, 0.3) is 5.91 Å². The second-order valence-corrected chi connectivity index (χ2v) is 8.66. The Balaban J connectivity index is 1.44. The van der Waals surface area contributed by atoms with Gasteiger partial charge in [-0.15, -0.1) is 0 Å². The number of rotatable bonds is 3. The molecule has 9 heteroatoms. The molecule has 156 valence electrons. The largest absolute Gasteiger partial charge is 0.381 e. The lowest BCUT2D eigenvalue weighted by Crippen LogP contribution is -2.44. The van der Waals surface area contributed by atoms with Crippen molar-refractivity contribution in [1.29, 1.82) is 0 Å². The van der Waals surface area contributed by atoms with Gasteiger partial charge in [-0.05, 0) is 33.6 Å². The summed E-state index contributed by atoms with van der Waals surface area (Å²) >= 11 is 0. The number of aromatic nitrogens is 3. The molecule has 0 N–H and O–H groups in total. The first kappa shape index (κ1) is 18.7. The fraction of sp³-hybridized carbons (Fsp3) is 0.700.